The molecule has 0 spiro atoms. The lowest BCUT2D eigenvalue weighted by Crippen LogP contribution is -2.08. The summed E-state index contributed by atoms with van der Waals surface area (Å²) in [6.07, 6.45) is -4.58. The van der Waals surface area contributed by atoms with Crippen molar-refractivity contribution in [3.8, 4) is 57.0 Å². The quantitative estimate of drug-likeness (QED) is 0.187. The first-order valence-electron chi connectivity index (χ1n) is 15.5. The molecule has 0 aliphatic heterocycles. The number of fused-ring (bicyclic) bond motifs is 3. The van der Waals surface area contributed by atoms with Crippen molar-refractivity contribution < 1.29 is 13.2 Å². The van der Waals surface area contributed by atoms with Gasteiger partial charge in [0.25, 0.3) is 0 Å². The van der Waals surface area contributed by atoms with Crippen LogP contribution < -0.4 is 0 Å². The Morgan fingerprint density at radius 1 is 0.510 bits per heavy atom. The molecule has 6 aromatic carbocycles. The van der Waals surface area contributed by atoms with Crippen molar-refractivity contribution in [1.82, 2.24) is 19.5 Å². The van der Waals surface area contributed by atoms with E-state index in [1.165, 1.54) is 12.1 Å². The lowest BCUT2D eigenvalue weighted by molar-refractivity contribution is -0.137. The van der Waals surface area contributed by atoms with Gasteiger partial charge in [-0.15, -0.1) is 0 Å². The van der Waals surface area contributed by atoms with Gasteiger partial charge in [-0.2, -0.15) is 18.4 Å². The van der Waals surface area contributed by atoms with Crippen molar-refractivity contribution in [1.29, 1.82) is 5.26 Å². The van der Waals surface area contributed by atoms with Gasteiger partial charge in [-0.05, 0) is 42.0 Å². The van der Waals surface area contributed by atoms with Crippen LogP contribution in [0.2, 0.25) is 0 Å². The maximum Gasteiger partial charge on any atom is 0.417 e. The average Bonchev–Trinajstić information content (AvgIpc) is 3.48. The first-order valence-corrected chi connectivity index (χ1v) is 15.5. The van der Waals surface area contributed by atoms with Gasteiger partial charge in [-0.3, -0.25) is 0 Å². The standard InChI is InChI=1S/C41H24F3N5/c42-41(43,44)34-17-9-7-15-30(34)32-21-20-29(24-37(32)49-35-18-10-8-16-31(35)33-23-26(25-45)19-22-36(33)49)40-47-38(27-11-3-1-4-12-27)46-39(48-40)28-13-5-2-6-14-28/h1-24H. The molecule has 234 valence electrons. The highest BCUT2D eigenvalue weighted by molar-refractivity contribution is 6.10. The molecule has 5 nitrogen and oxygen atoms in total. The van der Waals surface area contributed by atoms with E-state index >= 15 is 0 Å². The molecule has 2 heterocycles. The fourth-order valence-corrected chi connectivity index (χ4v) is 6.29. The monoisotopic (exact) mass is 643 g/mol. The Balaban J connectivity index is 1.45. The van der Waals surface area contributed by atoms with Crippen LogP contribution >= 0.6 is 0 Å². The van der Waals surface area contributed by atoms with E-state index in [0.29, 0.717) is 39.9 Å². The molecule has 0 atom stereocenters. The van der Waals surface area contributed by atoms with Gasteiger partial charge in [-0.25, -0.2) is 15.0 Å². The Morgan fingerprint density at radius 2 is 1.08 bits per heavy atom. The van der Waals surface area contributed by atoms with Crippen LogP contribution in [0.4, 0.5) is 13.2 Å². The topological polar surface area (TPSA) is 67.4 Å². The number of hydrogen-bond donors (Lipinski definition) is 0. The lowest BCUT2D eigenvalue weighted by Gasteiger charge is -2.19. The Morgan fingerprint density at radius 3 is 1.73 bits per heavy atom. The minimum Gasteiger partial charge on any atom is -0.309 e. The van der Waals surface area contributed by atoms with Gasteiger partial charge in [0, 0.05) is 33.0 Å². The van der Waals surface area contributed by atoms with E-state index in [1.54, 1.807) is 24.3 Å². The lowest BCUT2D eigenvalue weighted by atomic mass is 9.96. The molecule has 0 amide bonds. The number of nitrogens with zero attached hydrogens (tertiary/aromatic N) is 5. The predicted molar refractivity (Wildman–Crippen MR) is 186 cm³/mol. The summed E-state index contributed by atoms with van der Waals surface area (Å²) in [4.78, 5) is 14.6. The number of benzene rings is 6. The molecule has 8 heteroatoms. The first-order chi connectivity index (χ1) is 23.9. The van der Waals surface area contributed by atoms with Gasteiger partial charge < -0.3 is 4.57 Å². The number of rotatable bonds is 5. The van der Waals surface area contributed by atoms with Crippen LogP contribution in [0, 0.1) is 11.3 Å². The van der Waals surface area contributed by atoms with Crippen molar-refractivity contribution >= 4 is 21.8 Å². The third-order valence-corrected chi connectivity index (χ3v) is 8.52. The van der Waals surface area contributed by atoms with E-state index in [-0.39, 0.29) is 5.56 Å². The Labute approximate surface area is 279 Å². The maximum atomic E-state index is 14.5. The number of nitriles is 1. The average molecular weight is 644 g/mol. The molecule has 0 unspecified atom stereocenters. The van der Waals surface area contributed by atoms with Crippen LogP contribution in [0.3, 0.4) is 0 Å². The van der Waals surface area contributed by atoms with Gasteiger partial charge >= 0.3 is 6.18 Å². The molecule has 0 aliphatic rings. The van der Waals surface area contributed by atoms with Gasteiger partial charge in [0.05, 0.1) is 33.9 Å². The Hall–Kier alpha value is -6.59. The molecule has 0 saturated carbocycles. The van der Waals surface area contributed by atoms with Crippen molar-refractivity contribution in [2.45, 2.75) is 6.18 Å². The van der Waals surface area contributed by atoms with Crippen LogP contribution in [0.15, 0.2) is 146 Å². The van der Waals surface area contributed by atoms with Crippen LogP contribution in [-0.2, 0) is 6.18 Å². The normalized spacial score (nSPS) is 11.6. The Bertz CT molecular complexity index is 2490. The van der Waals surface area contributed by atoms with E-state index in [2.05, 4.69) is 6.07 Å². The second-order valence-electron chi connectivity index (χ2n) is 11.5. The van der Waals surface area contributed by atoms with Gasteiger partial charge in [0.15, 0.2) is 17.5 Å². The van der Waals surface area contributed by atoms with Crippen LogP contribution in [0.5, 0.6) is 0 Å². The number of alkyl halides is 3. The fraction of sp³-hybridized carbons (Fsp3) is 0.0244. The summed E-state index contributed by atoms with van der Waals surface area (Å²) in [6.45, 7) is 0. The largest absolute Gasteiger partial charge is 0.417 e. The summed E-state index contributed by atoms with van der Waals surface area (Å²) >= 11 is 0. The van der Waals surface area contributed by atoms with E-state index in [1.807, 2.05) is 108 Å². The summed E-state index contributed by atoms with van der Waals surface area (Å²) in [7, 11) is 0. The molecular weight excluding hydrogens is 619 g/mol. The van der Waals surface area contributed by atoms with Crippen LogP contribution in [-0.4, -0.2) is 19.5 Å². The predicted octanol–water partition coefficient (Wildman–Crippen LogP) is 10.5. The molecule has 0 fully saturated rings. The fourth-order valence-electron chi connectivity index (χ4n) is 6.29. The number of aromatic nitrogens is 4. The van der Waals surface area contributed by atoms with Crippen molar-refractivity contribution in [3.05, 3.63) is 157 Å². The summed E-state index contributed by atoms with van der Waals surface area (Å²) in [5.41, 5.74) is 4.40. The highest BCUT2D eigenvalue weighted by Gasteiger charge is 2.34. The van der Waals surface area contributed by atoms with Crippen LogP contribution in [0.1, 0.15) is 11.1 Å². The molecule has 0 aliphatic carbocycles. The molecule has 0 bridgehead atoms. The van der Waals surface area contributed by atoms with Crippen LogP contribution in [0.25, 0.3) is 72.8 Å². The van der Waals surface area contributed by atoms with Crippen molar-refractivity contribution in [3.63, 3.8) is 0 Å². The summed E-state index contributed by atoms with van der Waals surface area (Å²) in [5, 5.41) is 11.4. The highest BCUT2D eigenvalue weighted by atomic mass is 19.4. The number of para-hydroxylation sites is 1. The zero-order valence-corrected chi connectivity index (χ0v) is 25.7. The van der Waals surface area contributed by atoms with Gasteiger partial charge in [0.2, 0.25) is 0 Å². The molecule has 0 saturated heterocycles. The molecule has 0 radical (unpaired) electrons. The maximum absolute atomic E-state index is 14.5. The van der Waals surface area contributed by atoms with Crippen molar-refractivity contribution in [2.75, 3.05) is 0 Å². The van der Waals surface area contributed by atoms with Gasteiger partial charge in [0.1, 0.15) is 0 Å². The third-order valence-electron chi connectivity index (χ3n) is 8.52. The molecule has 2 aromatic heterocycles. The second kappa shape index (κ2) is 11.9. The summed E-state index contributed by atoms with van der Waals surface area (Å²) in [6, 6.07) is 45.3. The van der Waals surface area contributed by atoms with E-state index in [0.717, 1.165) is 39.0 Å². The summed E-state index contributed by atoms with van der Waals surface area (Å²) in [5.74, 6) is 1.31. The zero-order chi connectivity index (χ0) is 33.5. The van der Waals surface area contributed by atoms with E-state index < -0.39 is 11.7 Å². The smallest absolute Gasteiger partial charge is 0.309 e. The Kier molecular flexibility index (Phi) is 7.23. The summed E-state index contributed by atoms with van der Waals surface area (Å²) < 4.78 is 45.4. The first kappa shape index (κ1) is 29.8. The van der Waals surface area contributed by atoms with E-state index in [4.69, 9.17) is 15.0 Å². The SMILES string of the molecule is N#Cc1ccc2c(c1)c1ccccc1n2-c1cc(-c2nc(-c3ccccc3)nc(-c3ccccc3)n2)ccc1-c1ccccc1C(F)(F)F. The van der Waals surface area contributed by atoms with E-state index in [9.17, 15) is 18.4 Å². The zero-order valence-electron chi connectivity index (χ0n) is 25.7. The third kappa shape index (κ3) is 5.37. The second-order valence-corrected chi connectivity index (χ2v) is 11.5. The molecule has 8 aromatic rings. The number of hydrogen-bond acceptors (Lipinski definition) is 4. The molecule has 0 N–H and O–H groups in total. The van der Waals surface area contributed by atoms with Gasteiger partial charge in [-0.1, -0.05) is 109 Å². The molecular formula is C41H24F3N5. The minimum absolute atomic E-state index is 0.0433. The minimum atomic E-state index is -4.58. The molecule has 49 heavy (non-hydrogen) atoms. The molecule has 8 rings (SSSR count). The van der Waals surface area contributed by atoms with Crippen molar-refractivity contribution in [2.24, 2.45) is 0 Å². The number of halogens is 3. The highest BCUT2D eigenvalue weighted by Crippen LogP contribution is 2.42.